The molecule has 6 saturated heterocycles. The molecule has 4 aromatic heterocycles. The van der Waals surface area contributed by atoms with E-state index >= 15 is 0 Å². The molecule has 506 valence electrons. The zero-order valence-corrected chi connectivity index (χ0v) is 56.5. The molecule has 3 aromatic carbocycles. The maximum atomic E-state index is 13.5. The van der Waals surface area contributed by atoms with Gasteiger partial charge in [-0.1, -0.05) is 101 Å². The average molecular weight is 1420 g/mol. The van der Waals surface area contributed by atoms with Crippen molar-refractivity contribution >= 4 is 126 Å². The molecule has 0 spiro atoms. The van der Waals surface area contributed by atoms with Crippen molar-refractivity contribution in [3.63, 3.8) is 0 Å². The molecule has 6 fully saturated rings. The number of imidazole rings is 1. The van der Waals surface area contributed by atoms with E-state index in [1.54, 1.807) is 25.7 Å². The summed E-state index contributed by atoms with van der Waals surface area (Å²) in [6, 6.07) is 29.6. The Balaban J connectivity index is 0.000000144. The van der Waals surface area contributed by atoms with Crippen molar-refractivity contribution in [3.8, 4) is 0 Å². The van der Waals surface area contributed by atoms with E-state index in [4.69, 9.17) is 16.6 Å². The summed E-state index contributed by atoms with van der Waals surface area (Å²) >= 11 is 7.96. The highest BCUT2D eigenvalue weighted by Gasteiger charge is 2.43. The number of hydrogen-bond acceptors (Lipinski definition) is 16. The predicted molar refractivity (Wildman–Crippen MR) is 363 cm³/mol. The fourth-order valence-corrected chi connectivity index (χ4v) is 19.8. The zero-order chi connectivity index (χ0) is 66.9. The van der Waals surface area contributed by atoms with Crippen molar-refractivity contribution in [2.75, 3.05) is 108 Å². The number of thiophene rings is 1. The summed E-state index contributed by atoms with van der Waals surface area (Å²) in [5, 5.41) is 9.79. The number of aromatic amines is 1. The number of H-pyrrole nitrogens is 1. The Morgan fingerprint density at radius 2 is 1.04 bits per heavy atom. The minimum atomic E-state index is -4.60. The van der Waals surface area contributed by atoms with Crippen LogP contribution in [-0.4, -0.2) is 181 Å². The first kappa shape index (κ1) is 68.7. The van der Waals surface area contributed by atoms with Crippen LogP contribution in [-0.2, 0) is 55.3 Å². The second kappa shape index (κ2) is 28.2. The summed E-state index contributed by atoms with van der Waals surface area (Å²) < 4.78 is 119. The molecular weight excluding hydrogens is 1340 g/mol. The van der Waals surface area contributed by atoms with Crippen LogP contribution in [0.3, 0.4) is 0 Å². The van der Waals surface area contributed by atoms with Gasteiger partial charge in [-0.25, -0.2) is 4.98 Å². The number of para-hydroxylation sites is 1. The van der Waals surface area contributed by atoms with Gasteiger partial charge in [0.2, 0.25) is 39.6 Å². The third-order valence-corrected chi connectivity index (χ3v) is 26.6. The van der Waals surface area contributed by atoms with Crippen LogP contribution in [0.1, 0.15) is 89.0 Å². The number of rotatable bonds is 9. The van der Waals surface area contributed by atoms with E-state index in [1.807, 2.05) is 65.6 Å². The molecular formula is C64H74ClF6N11O7S5. The third-order valence-electron chi connectivity index (χ3n) is 18.4. The third kappa shape index (κ3) is 16.2. The number of amides is 3. The molecule has 6 aliphatic heterocycles. The molecule has 94 heavy (non-hydrogen) atoms. The first-order valence-electron chi connectivity index (χ1n) is 31.0. The minimum absolute atomic E-state index is 0.000429. The van der Waals surface area contributed by atoms with Gasteiger partial charge in [-0.15, -0.1) is 21.5 Å². The molecule has 2 unspecified atom stereocenters. The summed E-state index contributed by atoms with van der Waals surface area (Å²) in [7, 11) is -6.18. The number of anilines is 3. The topological polar surface area (TPSA) is 202 Å². The predicted octanol–water partition coefficient (Wildman–Crippen LogP) is 10.4. The molecule has 7 aromatic rings. The van der Waals surface area contributed by atoms with Gasteiger partial charge >= 0.3 is 12.4 Å². The minimum Gasteiger partial charge on any atom is -0.350 e. The number of aromatic nitrogens is 5. The lowest BCUT2D eigenvalue weighted by atomic mass is 9.96. The number of benzene rings is 3. The summed E-state index contributed by atoms with van der Waals surface area (Å²) in [5.41, 5.74) is 5.22. The highest BCUT2D eigenvalue weighted by Crippen LogP contribution is 2.41. The van der Waals surface area contributed by atoms with Crippen LogP contribution in [0.4, 0.5) is 43.2 Å². The molecule has 0 saturated carbocycles. The van der Waals surface area contributed by atoms with Gasteiger partial charge in [0, 0.05) is 122 Å². The lowest BCUT2D eigenvalue weighted by Gasteiger charge is -2.43. The first-order chi connectivity index (χ1) is 44.6. The fourth-order valence-electron chi connectivity index (χ4n) is 13.0. The second-order valence-corrected chi connectivity index (χ2v) is 35.8. The van der Waals surface area contributed by atoms with E-state index in [9.17, 15) is 53.4 Å². The quantitative estimate of drug-likeness (QED) is 0.106. The van der Waals surface area contributed by atoms with Gasteiger partial charge in [0.15, 0.2) is 5.82 Å². The number of hydrogen-bond donors (Lipinski definition) is 1. The van der Waals surface area contributed by atoms with Crippen molar-refractivity contribution in [1.82, 2.24) is 40.0 Å². The standard InChI is InChI=1S/C25H30N4O2S.C21H24F3N3O3S.C18H20ClF3N4O2S3/c1-18-7-6-10-21-23(18)27-25(26-21)28-13-14-29(22(17-28)19-8-4-3-5-9-19)24(30)20-11-15-32(2,31)16-12-20;1-31(29)11-7-16(8-12-31)20(28)27-10-9-26(14-17(27)15-5-3-2-4-6-15)19-13-18(30-25-19)21(22,23)24;1-31(28)8-4-11(5-9-31)15(27)26-7-6-25(10-12(26)13-2-3-14(19)29-13)17-24-23-16(30-17)18(20,21)22/h3-10,20,22H,2,11-17H2,1H3,(H,26,27);2-6,13,16-17H,1,7-12,14H2;2-3,11-12H,1,4-10H2/t;;11?,12-,31?/m..0/s1. The van der Waals surface area contributed by atoms with E-state index in [1.165, 1.54) is 11.3 Å². The Morgan fingerprint density at radius 3 is 1.49 bits per heavy atom. The van der Waals surface area contributed by atoms with Crippen molar-refractivity contribution in [1.29, 1.82) is 0 Å². The van der Waals surface area contributed by atoms with Gasteiger partial charge in [-0.2, -0.15) is 26.3 Å². The van der Waals surface area contributed by atoms with Crippen LogP contribution in [0.15, 0.2) is 102 Å². The number of aryl methyl sites for hydroxylation is 1. The highest BCUT2D eigenvalue weighted by atomic mass is 35.5. The number of piperazine rings is 3. The Labute approximate surface area is 556 Å². The molecule has 1 N–H and O–H groups in total. The number of nitrogens with zero attached hydrogens (tertiary/aromatic N) is 10. The molecule has 10 heterocycles. The Bertz CT molecular complexity index is 4150. The van der Waals surface area contributed by atoms with E-state index in [0.29, 0.717) is 141 Å². The highest BCUT2D eigenvalue weighted by molar-refractivity contribution is 8.00. The maximum absolute atomic E-state index is 13.5. The molecule has 3 amide bonds. The van der Waals surface area contributed by atoms with Crippen molar-refractivity contribution in [2.24, 2.45) is 17.8 Å². The smallest absolute Gasteiger partial charge is 0.350 e. The Hall–Kier alpha value is -6.66. The van der Waals surface area contributed by atoms with Gasteiger partial charge in [0.25, 0.3) is 0 Å². The molecule has 0 radical (unpaired) electrons. The van der Waals surface area contributed by atoms with Gasteiger partial charge in [0.1, 0.15) is 0 Å². The molecule has 0 bridgehead atoms. The zero-order valence-electron chi connectivity index (χ0n) is 51.7. The van der Waals surface area contributed by atoms with Crippen molar-refractivity contribution in [2.45, 2.75) is 75.9 Å². The first-order valence-corrected chi connectivity index (χ1v) is 39.2. The summed E-state index contributed by atoms with van der Waals surface area (Å²) in [6.07, 6.45) is -5.65. The average Bonchev–Trinajstić information content (AvgIpc) is 1.42. The van der Waals surface area contributed by atoms with E-state index in [0.717, 1.165) is 51.2 Å². The van der Waals surface area contributed by atoms with Crippen LogP contribution in [0.25, 0.3) is 11.0 Å². The molecule has 18 nitrogen and oxygen atoms in total. The number of carbonyl (C=O) groups excluding carboxylic acids is 3. The lowest BCUT2D eigenvalue weighted by molar-refractivity contribution is -0.155. The number of nitrogens with one attached hydrogen (secondary N) is 1. The van der Waals surface area contributed by atoms with E-state index < -0.39 is 51.7 Å². The molecule has 30 heteroatoms. The molecule has 0 aliphatic carbocycles. The van der Waals surface area contributed by atoms with Crippen LogP contribution in [0.5, 0.6) is 0 Å². The van der Waals surface area contributed by atoms with Gasteiger partial charge in [-0.05, 0) is 127 Å². The SMILES string of the molecule is C=S1(=O)CCC(C(=O)N2CCN(c3cc(C(F)(F)F)on3)CC2c2ccccc2)CC1.C=S1(=O)CCC(C(=O)N2CCN(c3nc4c(C)cccc4[nH]3)CC2c2ccccc2)CC1.C=S1(=O)CCC(C(=O)N2CCN(c3nnc(C(F)(F)F)s3)C[C@H]2c2ccc(Cl)s2)CC1. The molecule has 6 aliphatic rings. The van der Waals surface area contributed by atoms with E-state index in [-0.39, 0.29) is 64.6 Å². The van der Waals surface area contributed by atoms with Crippen LogP contribution >= 0.6 is 34.3 Å². The Morgan fingerprint density at radius 1 is 0.574 bits per heavy atom. The summed E-state index contributed by atoms with van der Waals surface area (Å²) in [5.74, 6) is 13.7. The fraction of sp³-hybridized carbons (Fsp3) is 0.469. The Kier molecular flexibility index (Phi) is 20.6. The number of fused-ring (bicyclic) bond motifs is 1. The van der Waals surface area contributed by atoms with Crippen LogP contribution in [0.2, 0.25) is 4.34 Å². The lowest BCUT2D eigenvalue weighted by Crippen LogP contribution is -2.53. The summed E-state index contributed by atoms with van der Waals surface area (Å²) in [6.45, 7) is 6.13. The maximum Gasteiger partial charge on any atom is 0.452 e. The summed E-state index contributed by atoms with van der Waals surface area (Å²) in [4.78, 5) is 60.7. The van der Waals surface area contributed by atoms with Gasteiger partial charge < -0.3 is 38.9 Å². The monoisotopic (exact) mass is 1420 g/mol. The van der Waals surface area contributed by atoms with E-state index in [2.05, 4.69) is 78.6 Å². The number of carbonyl (C=O) groups is 3. The number of halogens is 7. The second-order valence-electron chi connectivity index (χ2n) is 24.9. The normalized spacial score (nSPS) is 27.1. The van der Waals surface area contributed by atoms with Gasteiger partial charge in [-0.3, -0.25) is 27.0 Å². The van der Waals surface area contributed by atoms with Crippen molar-refractivity contribution < 1.29 is 57.9 Å². The molecule has 3 atom stereocenters. The largest absolute Gasteiger partial charge is 0.452 e. The van der Waals surface area contributed by atoms with Crippen molar-refractivity contribution in [3.05, 3.63) is 134 Å². The van der Waals surface area contributed by atoms with Gasteiger partial charge in [0.05, 0.1) is 33.5 Å². The molecule has 13 rings (SSSR count). The van der Waals surface area contributed by atoms with Crippen LogP contribution in [0, 0.1) is 24.7 Å². The number of alkyl halides is 6. The van der Waals surface area contributed by atoms with Crippen LogP contribution < -0.4 is 14.7 Å².